The van der Waals surface area contributed by atoms with Gasteiger partial charge in [-0.3, -0.25) is 18.7 Å². The molecule has 2 heterocycles. The van der Waals surface area contributed by atoms with Crippen molar-refractivity contribution in [2.45, 2.75) is 9.65 Å². The van der Waals surface area contributed by atoms with Crippen molar-refractivity contribution in [3.8, 4) is 34.4 Å². The molecule has 6 aromatic rings. The van der Waals surface area contributed by atoms with Crippen molar-refractivity contribution in [3.63, 3.8) is 0 Å². The fourth-order valence-corrected chi connectivity index (χ4v) is 6.41. The molecule has 0 amide bonds. The number of hydrogen-bond acceptors (Lipinski definition) is 6. The molecule has 4 aromatic carbocycles. The van der Waals surface area contributed by atoms with Crippen molar-refractivity contribution in [2.75, 3.05) is 10.7 Å². The smallest absolute Gasteiger partial charge is 0.262 e. The van der Waals surface area contributed by atoms with Crippen LogP contribution in [0.5, 0.6) is 23.0 Å². The molecule has 0 spiro atoms. The van der Waals surface area contributed by atoms with Gasteiger partial charge in [-0.05, 0) is 107 Å². The summed E-state index contributed by atoms with van der Waals surface area (Å²) in [7, 11) is 0. The number of nitrogens with zero attached hydrogens (tertiary/aromatic N) is 2. The number of aromatic nitrogens is 2. The van der Waals surface area contributed by atoms with Crippen LogP contribution in [0.1, 0.15) is 20.8 Å². The molecule has 0 bridgehead atoms. The highest BCUT2D eigenvalue weighted by molar-refractivity contribution is 9.12. The van der Waals surface area contributed by atoms with E-state index in [1.807, 2.05) is 0 Å². The molecule has 46 heavy (non-hydrogen) atoms. The average Bonchev–Trinajstić information content (AvgIpc) is 3.05. The van der Waals surface area contributed by atoms with Gasteiger partial charge in [0, 0.05) is 45.2 Å². The zero-order valence-corrected chi connectivity index (χ0v) is 30.2. The zero-order valence-electron chi connectivity index (χ0n) is 23.8. The van der Waals surface area contributed by atoms with Crippen molar-refractivity contribution in [1.82, 2.24) is 9.13 Å². The molecule has 4 N–H and O–H groups in total. The lowest BCUT2D eigenvalue weighted by Gasteiger charge is -2.15. The Labute approximate surface area is 296 Å². The van der Waals surface area contributed by atoms with E-state index in [0.29, 0.717) is 43.6 Å². The molecule has 0 saturated carbocycles. The third-order valence-corrected chi connectivity index (χ3v) is 11.9. The van der Waals surface area contributed by atoms with Crippen LogP contribution in [0, 0.1) is 0 Å². The van der Waals surface area contributed by atoms with Gasteiger partial charge in [0.1, 0.15) is 23.0 Å². The summed E-state index contributed by atoms with van der Waals surface area (Å²) in [6, 6.07) is 22.4. The van der Waals surface area contributed by atoms with Crippen molar-refractivity contribution in [1.29, 1.82) is 0 Å². The van der Waals surface area contributed by atoms with E-state index in [1.165, 1.54) is 12.1 Å². The number of phenols is 4. The van der Waals surface area contributed by atoms with Gasteiger partial charge in [-0.25, -0.2) is 0 Å². The Balaban J connectivity index is 0.000000181. The second-order valence-corrected chi connectivity index (χ2v) is 13.8. The van der Waals surface area contributed by atoms with Crippen LogP contribution in [0.2, 0.25) is 0 Å². The van der Waals surface area contributed by atoms with Crippen molar-refractivity contribution in [3.05, 3.63) is 129 Å². The zero-order chi connectivity index (χ0) is 33.1. The van der Waals surface area contributed by atoms with Crippen LogP contribution in [0.25, 0.3) is 32.9 Å². The Morgan fingerprint density at radius 3 is 1.15 bits per heavy atom. The highest BCUT2D eigenvalue weighted by atomic mass is 79.9. The van der Waals surface area contributed by atoms with Crippen LogP contribution in [0.3, 0.4) is 0 Å². The van der Waals surface area contributed by atoms with Gasteiger partial charge < -0.3 is 20.4 Å². The molecule has 0 aliphatic heterocycles. The molecule has 0 aliphatic rings. The summed E-state index contributed by atoms with van der Waals surface area (Å²) in [4.78, 5) is 25.5. The normalized spacial score (nSPS) is 12.4. The molecule has 12 heteroatoms. The summed E-state index contributed by atoms with van der Waals surface area (Å²) >= 11 is 14.0. The average molecular weight is 878 g/mol. The van der Waals surface area contributed by atoms with Gasteiger partial charge in [-0.1, -0.05) is 63.7 Å². The lowest BCUT2D eigenvalue weighted by Crippen LogP contribution is -2.19. The molecule has 2 aromatic heterocycles. The Hall–Kier alpha value is -3.58. The topological polar surface area (TPSA) is 125 Å². The summed E-state index contributed by atoms with van der Waals surface area (Å²) in [5, 5.41) is 42.2. The molecule has 2 unspecified atom stereocenters. The number of alkyl halides is 4. The lowest BCUT2D eigenvalue weighted by molar-refractivity contribution is 0.474. The van der Waals surface area contributed by atoms with E-state index >= 15 is 0 Å². The Kier molecular flexibility index (Phi) is 10.6. The minimum Gasteiger partial charge on any atom is -0.508 e. The SMILES string of the molecule is O=c1c2ccc(O)cc2c(C(Br)CBr)cn1-c1ccc(O)cc1.O=c1c2ccc(O)cc2c(C(Br)CBr)cn1-c1ccc(O)cc1. The molecule has 2 atom stereocenters. The monoisotopic (exact) mass is 874 g/mol. The highest BCUT2D eigenvalue weighted by Gasteiger charge is 2.17. The van der Waals surface area contributed by atoms with E-state index < -0.39 is 0 Å². The van der Waals surface area contributed by atoms with Crippen molar-refractivity contribution in [2.24, 2.45) is 0 Å². The van der Waals surface area contributed by atoms with Gasteiger partial charge in [0.25, 0.3) is 11.1 Å². The first-order valence-corrected chi connectivity index (χ1v) is 17.8. The number of rotatable bonds is 6. The van der Waals surface area contributed by atoms with E-state index in [2.05, 4.69) is 63.7 Å². The summed E-state index contributed by atoms with van der Waals surface area (Å²) in [6.07, 6.45) is 3.52. The fraction of sp³-hybridized carbons (Fsp3) is 0.118. The van der Waals surface area contributed by atoms with Crippen LogP contribution in [-0.4, -0.2) is 40.2 Å². The second-order valence-electron chi connectivity index (χ2n) is 10.3. The maximum atomic E-state index is 12.8. The minimum absolute atomic E-state index is 0.0178. The van der Waals surface area contributed by atoms with Crippen molar-refractivity contribution >= 4 is 85.3 Å². The minimum atomic E-state index is -0.177. The Bertz CT molecular complexity index is 1990. The summed E-state index contributed by atoms with van der Waals surface area (Å²) < 4.78 is 3.09. The standard InChI is InChI=1S/2C17H13Br2NO3/c2*18-8-16(19)15-9-20(10-1-3-11(21)4-2-10)17(23)13-6-5-12(22)7-14(13)15/h2*1-7,9,16,21-22H,8H2. The number of fused-ring (bicyclic) bond motifs is 2. The number of hydrogen-bond donors (Lipinski definition) is 4. The third-order valence-electron chi connectivity index (χ3n) is 7.26. The predicted molar refractivity (Wildman–Crippen MR) is 197 cm³/mol. The molecule has 8 nitrogen and oxygen atoms in total. The summed E-state index contributed by atoms with van der Waals surface area (Å²) in [5.74, 6) is 0.530. The van der Waals surface area contributed by atoms with E-state index in [9.17, 15) is 30.0 Å². The number of aromatic hydroxyl groups is 4. The third kappa shape index (κ3) is 7.05. The van der Waals surface area contributed by atoms with Crippen LogP contribution >= 0.6 is 63.7 Å². The summed E-state index contributed by atoms with van der Waals surface area (Å²) in [6.45, 7) is 0. The second kappa shape index (κ2) is 14.5. The number of phenolic OH excluding ortho intramolecular Hbond substituents is 4. The predicted octanol–water partition coefficient (Wildman–Crippen LogP) is 8.47. The molecular weight excluding hydrogens is 852 g/mol. The van der Waals surface area contributed by atoms with Crippen LogP contribution in [0.4, 0.5) is 0 Å². The van der Waals surface area contributed by atoms with Gasteiger partial charge in [0.2, 0.25) is 0 Å². The number of benzene rings is 4. The van der Waals surface area contributed by atoms with Gasteiger partial charge in [0.15, 0.2) is 0 Å². The van der Waals surface area contributed by atoms with Crippen molar-refractivity contribution < 1.29 is 20.4 Å². The molecule has 6 rings (SSSR count). The number of halogens is 4. The molecule has 0 saturated heterocycles. The Morgan fingerprint density at radius 1 is 0.500 bits per heavy atom. The summed E-state index contributed by atoms with van der Waals surface area (Å²) in [5.41, 5.74) is 2.75. The lowest BCUT2D eigenvalue weighted by atomic mass is 10.0. The molecule has 236 valence electrons. The van der Waals surface area contributed by atoms with E-state index in [-0.39, 0.29) is 43.8 Å². The van der Waals surface area contributed by atoms with Crippen LogP contribution in [-0.2, 0) is 0 Å². The molecule has 0 aliphatic carbocycles. The van der Waals surface area contributed by atoms with Gasteiger partial charge in [-0.2, -0.15) is 0 Å². The van der Waals surface area contributed by atoms with Crippen LogP contribution in [0.15, 0.2) is 107 Å². The Morgan fingerprint density at radius 2 is 0.826 bits per heavy atom. The fourth-order valence-electron chi connectivity index (χ4n) is 4.98. The van der Waals surface area contributed by atoms with Gasteiger partial charge >= 0.3 is 0 Å². The first kappa shape index (κ1) is 33.8. The first-order chi connectivity index (χ1) is 22.0. The van der Waals surface area contributed by atoms with Gasteiger partial charge in [-0.15, -0.1) is 0 Å². The molecular formula is C34H26Br4N2O6. The largest absolute Gasteiger partial charge is 0.508 e. The quantitative estimate of drug-likeness (QED) is 0.125. The van der Waals surface area contributed by atoms with Crippen LogP contribution < -0.4 is 11.1 Å². The maximum Gasteiger partial charge on any atom is 0.262 e. The van der Waals surface area contributed by atoms with E-state index in [0.717, 1.165) is 11.1 Å². The van der Waals surface area contributed by atoms with E-state index in [4.69, 9.17) is 0 Å². The van der Waals surface area contributed by atoms with Gasteiger partial charge in [0.05, 0.1) is 9.65 Å². The molecule has 0 radical (unpaired) electrons. The molecule has 0 fully saturated rings. The maximum absolute atomic E-state index is 12.8. The first-order valence-electron chi connectivity index (χ1n) is 13.8. The highest BCUT2D eigenvalue weighted by Crippen LogP contribution is 2.34. The van der Waals surface area contributed by atoms with E-state index in [1.54, 1.807) is 94.3 Å². The number of pyridine rings is 2.